The zero-order valence-corrected chi connectivity index (χ0v) is 14.2. The van der Waals surface area contributed by atoms with E-state index in [9.17, 15) is 0 Å². The zero-order valence-electron chi connectivity index (χ0n) is 13.4. The van der Waals surface area contributed by atoms with Crippen molar-refractivity contribution in [2.24, 2.45) is 0 Å². The van der Waals surface area contributed by atoms with Crippen LogP contribution in [0.3, 0.4) is 0 Å². The van der Waals surface area contributed by atoms with Crippen LogP contribution in [0.25, 0.3) is 0 Å². The Morgan fingerprint density at radius 1 is 1.12 bits per heavy atom. The van der Waals surface area contributed by atoms with E-state index in [4.69, 9.17) is 10.00 Å². The van der Waals surface area contributed by atoms with E-state index < -0.39 is 0 Å². The van der Waals surface area contributed by atoms with Gasteiger partial charge in [0, 0.05) is 18.3 Å². The maximum atomic E-state index is 9.02. The van der Waals surface area contributed by atoms with Crippen LogP contribution in [-0.2, 0) is 6.42 Å². The number of nitrogens with zero attached hydrogens (tertiary/aromatic N) is 2. The second-order valence-corrected chi connectivity index (χ2v) is 5.72. The molecule has 0 bridgehead atoms. The molecule has 0 saturated heterocycles. The number of rotatable bonds is 4. The molecular formula is C19H17ClN4O. The fourth-order valence-corrected chi connectivity index (χ4v) is 2.96. The first-order chi connectivity index (χ1) is 11.8. The van der Waals surface area contributed by atoms with Gasteiger partial charge in [0.15, 0.2) is 11.8 Å². The largest absolute Gasteiger partial charge is 0.479 e. The van der Waals surface area contributed by atoms with Gasteiger partial charge in [-0.2, -0.15) is 10.4 Å². The van der Waals surface area contributed by atoms with Crippen molar-refractivity contribution in [1.82, 2.24) is 10.2 Å². The fourth-order valence-electron chi connectivity index (χ4n) is 2.96. The lowest BCUT2D eigenvalue weighted by atomic mass is 10.1. The van der Waals surface area contributed by atoms with E-state index in [2.05, 4.69) is 21.6 Å². The Balaban J connectivity index is 0.00000182. The highest BCUT2D eigenvalue weighted by atomic mass is 35.5. The number of aromatic amines is 1. The summed E-state index contributed by atoms with van der Waals surface area (Å²) >= 11 is 0. The smallest absolute Gasteiger partial charge is 0.165 e. The number of aromatic nitrogens is 2. The molecular weight excluding hydrogens is 336 g/mol. The standard InChI is InChI=1S/C19H16N4O.ClH/c20-12-15-11-18(23-22-15)19(13-4-2-1-3-5-13)24-16-6-7-17-14(10-16)8-9-21-17;/h1-7,10-11,19,21H,8-9H2,(H,22,23);1H. The Labute approximate surface area is 152 Å². The number of nitriles is 1. The molecule has 1 atom stereocenters. The molecule has 25 heavy (non-hydrogen) atoms. The average molecular weight is 353 g/mol. The van der Waals surface area contributed by atoms with Gasteiger partial charge < -0.3 is 10.1 Å². The van der Waals surface area contributed by atoms with Crippen LogP contribution in [0.5, 0.6) is 5.75 Å². The van der Waals surface area contributed by atoms with Crippen LogP contribution in [-0.4, -0.2) is 16.7 Å². The first-order valence-electron chi connectivity index (χ1n) is 7.87. The van der Waals surface area contributed by atoms with Crippen LogP contribution < -0.4 is 10.1 Å². The summed E-state index contributed by atoms with van der Waals surface area (Å²) in [4.78, 5) is 0. The molecule has 0 amide bonds. The lowest BCUT2D eigenvalue weighted by Crippen LogP contribution is -2.10. The highest BCUT2D eigenvalue weighted by Gasteiger charge is 2.20. The molecule has 5 nitrogen and oxygen atoms in total. The van der Waals surface area contributed by atoms with Gasteiger partial charge in [0.05, 0.1) is 5.69 Å². The Morgan fingerprint density at radius 3 is 2.72 bits per heavy atom. The van der Waals surface area contributed by atoms with Crippen molar-refractivity contribution < 1.29 is 4.74 Å². The van der Waals surface area contributed by atoms with Crippen LogP contribution in [0, 0.1) is 11.3 Å². The molecule has 0 radical (unpaired) electrons. The maximum absolute atomic E-state index is 9.02. The number of hydrogen-bond donors (Lipinski definition) is 2. The Morgan fingerprint density at radius 2 is 1.96 bits per heavy atom. The summed E-state index contributed by atoms with van der Waals surface area (Å²) in [6.07, 6.45) is 0.666. The minimum absolute atomic E-state index is 0. The lowest BCUT2D eigenvalue weighted by molar-refractivity contribution is 0.242. The second-order valence-electron chi connectivity index (χ2n) is 5.72. The van der Waals surface area contributed by atoms with Crippen molar-refractivity contribution >= 4 is 18.1 Å². The van der Waals surface area contributed by atoms with Gasteiger partial charge >= 0.3 is 0 Å². The van der Waals surface area contributed by atoms with Crippen LogP contribution in [0.1, 0.15) is 28.6 Å². The van der Waals surface area contributed by atoms with Gasteiger partial charge in [-0.25, -0.2) is 0 Å². The second kappa shape index (κ2) is 7.29. The number of H-pyrrole nitrogens is 1. The third-order valence-electron chi connectivity index (χ3n) is 4.14. The summed E-state index contributed by atoms with van der Waals surface area (Å²) in [6, 6.07) is 19.8. The highest BCUT2D eigenvalue weighted by Crippen LogP contribution is 2.31. The molecule has 126 valence electrons. The van der Waals surface area contributed by atoms with Gasteiger partial charge in [-0.05, 0) is 35.7 Å². The van der Waals surface area contributed by atoms with Crippen molar-refractivity contribution in [2.75, 3.05) is 11.9 Å². The molecule has 1 aliphatic heterocycles. The van der Waals surface area contributed by atoms with E-state index in [0.717, 1.165) is 30.0 Å². The zero-order chi connectivity index (χ0) is 16.4. The molecule has 0 fully saturated rings. The molecule has 6 heteroatoms. The number of fused-ring (bicyclic) bond motifs is 1. The minimum Gasteiger partial charge on any atom is -0.479 e. The molecule has 0 saturated carbocycles. The molecule has 2 aromatic carbocycles. The molecule has 1 aliphatic rings. The SMILES string of the molecule is Cl.N#Cc1cc(C(Oc2ccc3c(c2)CCN3)c2ccccc2)[nH]n1. The van der Waals surface area contributed by atoms with Gasteiger partial charge in [-0.1, -0.05) is 30.3 Å². The van der Waals surface area contributed by atoms with Crippen LogP contribution in [0.4, 0.5) is 5.69 Å². The predicted molar refractivity (Wildman–Crippen MR) is 98.1 cm³/mol. The van der Waals surface area contributed by atoms with Gasteiger partial charge in [0.25, 0.3) is 0 Å². The van der Waals surface area contributed by atoms with Crippen molar-refractivity contribution in [2.45, 2.75) is 12.5 Å². The number of anilines is 1. The van der Waals surface area contributed by atoms with Gasteiger partial charge in [-0.3, -0.25) is 5.10 Å². The van der Waals surface area contributed by atoms with Crippen LogP contribution in [0.2, 0.25) is 0 Å². The first-order valence-corrected chi connectivity index (χ1v) is 7.87. The molecule has 2 heterocycles. The van der Waals surface area contributed by atoms with Crippen LogP contribution in [0.15, 0.2) is 54.6 Å². The van der Waals surface area contributed by atoms with E-state index in [1.165, 1.54) is 11.3 Å². The summed E-state index contributed by atoms with van der Waals surface area (Å²) in [7, 11) is 0. The fraction of sp³-hybridized carbons (Fsp3) is 0.158. The first kappa shape index (κ1) is 16.9. The van der Waals surface area contributed by atoms with E-state index in [-0.39, 0.29) is 18.5 Å². The summed E-state index contributed by atoms with van der Waals surface area (Å²) in [5.41, 5.74) is 4.56. The van der Waals surface area contributed by atoms with Crippen LogP contribution >= 0.6 is 12.4 Å². The van der Waals surface area contributed by atoms with Crippen molar-refractivity contribution in [3.63, 3.8) is 0 Å². The van der Waals surface area contributed by atoms with Crippen molar-refractivity contribution in [3.05, 3.63) is 77.1 Å². The normalized spacial score (nSPS) is 13.1. The molecule has 4 rings (SSSR count). The number of nitrogens with one attached hydrogen (secondary N) is 2. The predicted octanol–water partition coefficient (Wildman–Crippen LogP) is 3.84. The lowest BCUT2D eigenvalue weighted by Gasteiger charge is -2.19. The summed E-state index contributed by atoms with van der Waals surface area (Å²) in [5.74, 6) is 0.805. The number of halogens is 1. The van der Waals surface area contributed by atoms with E-state index in [1.54, 1.807) is 6.07 Å². The van der Waals surface area contributed by atoms with Crippen molar-refractivity contribution in [3.8, 4) is 11.8 Å². The minimum atomic E-state index is -0.340. The summed E-state index contributed by atoms with van der Waals surface area (Å²) in [5, 5.41) is 19.3. The maximum Gasteiger partial charge on any atom is 0.165 e. The van der Waals surface area contributed by atoms with Gasteiger partial charge in [0.1, 0.15) is 11.8 Å². The van der Waals surface area contributed by atoms with Gasteiger partial charge in [0.2, 0.25) is 0 Å². The third kappa shape index (κ3) is 3.44. The monoisotopic (exact) mass is 352 g/mol. The average Bonchev–Trinajstić information content (AvgIpc) is 3.29. The quantitative estimate of drug-likeness (QED) is 0.748. The molecule has 0 aliphatic carbocycles. The summed E-state index contributed by atoms with van der Waals surface area (Å²) < 4.78 is 6.26. The molecule has 2 N–H and O–H groups in total. The molecule has 1 aromatic heterocycles. The topological polar surface area (TPSA) is 73.7 Å². The molecule has 0 spiro atoms. The summed E-state index contributed by atoms with van der Waals surface area (Å²) in [6.45, 7) is 0.965. The highest BCUT2D eigenvalue weighted by molar-refractivity contribution is 5.85. The Hall–Kier alpha value is -2.97. The van der Waals surface area contributed by atoms with E-state index >= 15 is 0 Å². The Kier molecular flexibility index (Phi) is 4.92. The number of hydrogen-bond acceptors (Lipinski definition) is 4. The Bertz CT molecular complexity index is 901. The van der Waals surface area contributed by atoms with Gasteiger partial charge in [-0.15, -0.1) is 12.4 Å². The molecule has 3 aromatic rings. The molecule has 1 unspecified atom stereocenters. The van der Waals surface area contributed by atoms with E-state index in [1.807, 2.05) is 48.5 Å². The number of ether oxygens (including phenoxy) is 1. The van der Waals surface area contributed by atoms with Crippen molar-refractivity contribution in [1.29, 1.82) is 5.26 Å². The number of benzene rings is 2. The third-order valence-corrected chi connectivity index (χ3v) is 4.14. The van der Waals surface area contributed by atoms with E-state index in [0.29, 0.717) is 5.69 Å².